The molecule has 1 aliphatic carbocycles. The zero-order valence-electron chi connectivity index (χ0n) is 13.6. The second kappa shape index (κ2) is 6.74. The van der Waals surface area contributed by atoms with E-state index in [1.54, 1.807) is 24.3 Å². The molecular weight excluding hydrogens is 302 g/mol. The van der Waals surface area contributed by atoms with E-state index >= 15 is 0 Å². The van der Waals surface area contributed by atoms with Gasteiger partial charge in [-0.05, 0) is 73.7 Å². The van der Waals surface area contributed by atoms with Crippen LogP contribution in [0, 0.1) is 0 Å². The van der Waals surface area contributed by atoms with Crippen molar-refractivity contribution in [2.24, 2.45) is 5.73 Å². The highest BCUT2D eigenvalue weighted by molar-refractivity contribution is 5.97. The molecule has 2 aromatic rings. The highest BCUT2D eigenvalue weighted by atomic mass is 16.2. The van der Waals surface area contributed by atoms with Crippen LogP contribution < -0.4 is 16.4 Å². The minimum absolute atomic E-state index is 0.137. The zero-order chi connectivity index (χ0) is 17.1. The number of carbonyl (C=O) groups excluding carboxylic acids is 2. The van der Waals surface area contributed by atoms with E-state index in [9.17, 15) is 9.59 Å². The number of amides is 2. The molecule has 1 atom stereocenters. The molecule has 0 unspecified atom stereocenters. The number of nitrogens with two attached hydrogens (primary N) is 1. The molecule has 0 aromatic heterocycles. The smallest absolute Gasteiger partial charge is 0.248 e. The fraction of sp³-hybridized carbons (Fsp3) is 0.263. The molecule has 24 heavy (non-hydrogen) atoms. The minimum atomic E-state index is -0.487. The lowest BCUT2D eigenvalue weighted by Gasteiger charge is -2.16. The summed E-state index contributed by atoms with van der Waals surface area (Å²) in [7, 11) is 0. The van der Waals surface area contributed by atoms with E-state index in [0.717, 1.165) is 18.5 Å². The number of aryl methyl sites for hydroxylation is 2. The van der Waals surface area contributed by atoms with Crippen LogP contribution in [0.25, 0.3) is 0 Å². The Bertz CT molecular complexity index is 769. The summed E-state index contributed by atoms with van der Waals surface area (Å²) < 4.78 is 0. The van der Waals surface area contributed by atoms with Crippen molar-refractivity contribution in [3.05, 3.63) is 59.2 Å². The van der Waals surface area contributed by atoms with E-state index in [0.29, 0.717) is 11.3 Å². The number of hydrogen-bond acceptors (Lipinski definition) is 3. The van der Waals surface area contributed by atoms with Crippen LogP contribution in [0.4, 0.5) is 11.4 Å². The SMILES string of the molecule is C[C@@H](Nc1ccc2c(c1)CCC2)C(=O)Nc1ccc(C(N)=O)cc1. The number of carbonyl (C=O) groups is 2. The lowest BCUT2D eigenvalue weighted by Crippen LogP contribution is -2.31. The monoisotopic (exact) mass is 323 g/mol. The molecule has 3 rings (SSSR count). The van der Waals surface area contributed by atoms with E-state index in [4.69, 9.17) is 5.73 Å². The summed E-state index contributed by atoms with van der Waals surface area (Å²) in [4.78, 5) is 23.4. The number of anilines is 2. The van der Waals surface area contributed by atoms with Crippen LogP contribution in [0.5, 0.6) is 0 Å². The normalized spacial score (nSPS) is 13.9. The van der Waals surface area contributed by atoms with Crippen molar-refractivity contribution in [3.63, 3.8) is 0 Å². The number of nitrogens with one attached hydrogen (secondary N) is 2. The molecule has 124 valence electrons. The Morgan fingerprint density at radius 2 is 1.67 bits per heavy atom. The second-order valence-electron chi connectivity index (χ2n) is 6.13. The Morgan fingerprint density at radius 1 is 1.00 bits per heavy atom. The average molecular weight is 323 g/mol. The van der Waals surface area contributed by atoms with Gasteiger partial charge in [-0.2, -0.15) is 0 Å². The van der Waals surface area contributed by atoms with Gasteiger partial charge in [-0.15, -0.1) is 0 Å². The van der Waals surface area contributed by atoms with E-state index in [1.165, 1.54) is 17.5 Å². The van der Waals surface area contributed by atoms with Gasteiger partial charge in [0.05, 0.1) is 0 Å². The summed E-state index contributed by atoms with van der Waals surface area (Å²) in [6, 6.07) is 12.4. The molecule has 2 aromatic carbocycles. The van der Waals surface area contributed by atoms with Gasteiger partial charge in [-0.3, -0.25) is 9.59 Å². The van der Waals surface area contributed by atoms with Gasteiger partial charge in [0.25, 0.3) is 0 Å². The molecule has 2 amide bonds. The Balaban J connectivity index is 1.61. The van der Waals surface area contributed by atoms with E-state index in [-0.39, 0.29) is 11.9 Å². The first-order valence-corrected chi connectivity index (χ1v) is 8.12. The summed E-state index contributed by atoms with van der Waals surface area (Å²) >= 11 is 0. The lowest BCUT2D eigenvalue weighted by atomic mass is 10.1. The first kappa shape index (κ1) is 16.1. The Labute approximate surface area is 141 Å². The molecule has 0 spiro atoms. The van der Waals surface area contributed by atoms with Gasteiger partial charge in [-0.1, -0.05) is 6.07 Å². The third-order valence-electron chi connectivity index (χ3n) is 4.31. The summed E-state index contributed by atoms with van der Waals surface area (Å²) in [6.45, 7) is 1.82. The van der Waals surface area contributed by atoms with E-state index in [2.05, 4.69) is 22.8 Å². The summed E-state index contributed by atoms with van der Waals surface area (Å²) in [5.41, 5.74) is 9.99. The molecule has 1 aliphatic rings. The quantitative estimate of drug-likeness (QED) is 0.791. The Morgan fingerprint density at radius 3 is 2.38 bits per heavy atom. The Hall–Kier alpha value is -2.82. The highest BCUT2D eigenvalue weighted by Gasteiger charge is 2.15. The largest absolute Gasteiger partial charge is 0.374 e. The third kappa shape index (κ3) is 3.56. The maximum atomic E-state index is 12.3. The molecule has 0 bridgehead atoms. The lowest BCUT2D eigenvalue weighted by molar-refractivity contribution is -0.116. The average Bonchev–Trinajstić information content (AvgIpc) is 3.03. The molecule has 5 heteroatoms. The second-order valence-corrected chi connectivity index (χ2v) is 6.13. The van der Waals surface area contributed by atoms with Crippen molar-refractivity contribution >= 4 is 23.2 Å². The van der Waals surface area contributed by atoms with Crippen molar-refractivity contribution in [2.45, 2.75) is 32.2 Å². The van der Waals surface area contributed by atoms with Gasteiger partial charge < -0.3 is 16.4 Å². The molecule has 0 saturated carbocycles. The molecular formula is C19H21N3O2. The van der Waals surface area contributed by atoms with Gasteiger partial charge >= 0.3 is 0 Å². The maximum absolute atomic E-state index is 12.3. The van der Waals surface area contributed by atoms with Crippen molar-refractivity contribution in [1.82, 2.24) is 0 Å². The van der Waals surface area contributed by atoms with Gasteiger partial charge in [-0.25, -0.2) is 0 Å². The summed E-state index contributed by atoms with van der Waals surface area (Å²) in [5, 5.41) is 6.06. The fourth-order valence-corrected chi connectivity index (χ4v) is 2.95. The standard InChI is InChI=1S/C19H21N3O2/c1-12(21-17-10-5-13-3-2-4-15(13)11-17)19(24)22-16-8-6-14(7-9-16)18(20)23/h5-12,21H,2-4H2,1H3,(H2,20,23)(H,22,24)/t12-/m1/s1. The number of hydrogen-bond donors (Lipinski definition) is 3. The number of primary amides is 1. The van der Waals surface area contributed by atoms with E-state index in [1.807, 2.05) is 13.0 Å². The summed E-state index contributed by atoms with van der Waals surface area (Å²) in [5.74, 6) is -0.623. The van der Waals surface area contributed by atoms with Gasteiger partial charge in [0.1, 0.15) is 6.04 Å². The first-order chi connectivity index (χ1) is 11.5. The van der Waals surface area contributed by atoms with Gasteiger partial charge in [0.2, 0.25) is 11.8 Å². The van der Waals surface area contributed by atoms with Crippen molar-refractivity contribution < 1.29 is 9.59 Å². The van der Waals surface area contributed by atoms with Crippen LogP contribution in [0.1, 0.15) is 34.8 Å². The minimum Gasteiger partial charge on any atom is -0.374 e. The zero-order valence-corrected chi connectivity index (χ0v) is 13.6. The topological polar surface area (TPSA) is 84.2 Å². The van der Waals surface area contributed by atoms with Gasteiger partial charge in [0.15, 0.2) is 0 Å². The molecule has 0 radical (unpaired) electrons. The van der Waals surface area contributed by atoms with Crippen molar-refractivity contribution in [3.8, 4) is 0 Å². The fourth-order valence-electron chi connectivity index (χ4n) is 2.95. The van der Waals surface area contributed by atoms with Crippen LogP contribution in [-0.4, -0.2) is 17.9 Å². The van der Waals surface area contributed by atoms with Crippen LogP contribution >= 0.6 is 0 Å². The molecule has 0 aliphatic heterocycles. The van der Waals surface area contributed by atoms with Crippen LogP contribution in [0.2, 0.25) is 0 Å². The third-order valence-corrected chi connectivity index (χ3v) is 4.31. The molecule has 0 fully saturated rings. The summed E-state index contributed by atoms with van der Waals surface area (Å²) in [6.07, 6.45) is 3.46. The van der Waals surface area contributed by atoms with Crippen LogP contribution in [0.3, 0.4) is 0 Å². The van der Waals surface area contributed by atoms with Gasteiger partial charge in [0, 0.05) is 16.9 Å². The van der Waals surface area contributed by atoms with E-state index < -0.39 is 5.91 Å². The molecule has 4 N–H and O–H groups in total. The van der Waals surface area contributed by atoms with Crippen LogP contribution in [0.15, 0.2) is 42.5 Å². The number of rotatable bonds is 5. The predicted molar refractivity (Wildman–Crippen MR) is 95.1 cm³/mol. The van der Waals surface area contributed by atoms with Crippen molar-refractivity contribution in [1.29, 1.82) is 0 Å². The first-order valence-electron chi connectivity index (χ1n) is 8.12. The van der Waals surface area contributed by atoms with Crippen molar-refractivity contribution in [2.75, 3.05) is 10.6 Å². The number of fused-ring (bicyclic) bond motifs is 1. The number of benzene rings is 2. The predicted octanol–water partition coefficient (Wildman–Crippen LogP) is 2.71. The maximum Gasteiger partial charge on any atom is 0.248 e. The molecule has 5 nitrogen and oxygen atoms in total. The Kier molecular flexibility index (Phi) is 4.51. The molecule has 0 heterocycles. The highest BCUT2D eigenvalue weighted by Crippen LogP contribution is 2.25. The van der Waals surface area contributed by atoms with Crippen LogP contribution in [-0.2, 0) is 17.6 Å². The molecule has 0 saturated heterocycles.